The van der Waals surface area contributed by atoms with Crippen molar-refractivity contribution in [1.29, 1.82) is 0 Å². The highest BCUT2D eigenvalue weighted by atomic mass is 16.5. The van der Waals surface area contributed by atoms with Gasteiger partial charge in [0.15, 0.2) is 0 Å². The van der Waals surface area contributed by atoms with E-state index >= 15 is 0 Å². The number of ketones is 1. The van der Waals surface area contributed by atoms with E-state index in [4.69, 9.17) is 4.74 Å². The lowest BCUT2D eigenvalue weighted by molar-refractivity contribution is -0.153. The van der Waals surface area contributed by atoms with Crippen molar-refractivity contribution in [2.45, 2.75) is 53.1 Å². The molecule has 0 saturated heterocycles. The number of ether oxygens (including phenoxy) is 1. The minimum atomic E-state index is -0.238. The molecule has 2 heteroatoms. The largest absolute Gasteiger partial charge is 0.489 e. The Morgan fingerprint density at radius 1 is 1.17 bits per heavy atom. The van der Waals surface area contributed by atoms with Crippen LogP contribution >= 0.6 is 0 Å². The van der Waals surface area contributed by atoms with E-state index in [9.17, 15) is 4.79 Å². The molecule has 1 aliphatic rings. The second kappa shape index (κ2) is 4.75. The molecule has 0 aromatic heterocycles. The zero-order valence-corrected chi connectivity index (χ0v) is 11.7. The van der Waals surface area contributed by atoms with E-state index in [0.717, 1.165) is 18.6 Å². The first-order chi connectivity index (χ1) is 8.51. The predicted octanol–water partition coefficient (Wildman–Crippen LogP) is 3.83. The molecule has 1 saturated carbocycles. The number of aryl methyl sites for hydroxylation is 2. The Kier molecular flexibility index (Phi) is 3.47. The molecule has 0 N–H and O–H groups in total. The molecule has 18 heavy (non-hydrogen) atoms. The first-order valence-corrected chi connectivity index (χ1v) is 6.80. The summed E-state index contributed by atoms with van der Waals surface area (Å²) in [5.74, 6) is 1.26. The van der Waals surface area contributed by atoms with Crippen molar-refractivity contribution < 1.29 is 9.53 Å². The molecule has 0 spiro atoms. The number of rotatable bonds is 4. The van der Waals surface area contributed by atoms with Crippen LogP contribution in [0.2, 0.25) is 0 Å². The zero-order chi connectivity index (χ0) is 13.3. The van der Waals surface area contributed by atoms with Crippen LogP contribution in [0.15, 0.2) is 18.2 Å². The molecule has 0 heterocycles. The van der Waals surface area contributed by atoms with Crippen LogP contribution in [0.3, 0.4) is 0 Å². The number of Topliss-reactive ketones (excluding diaryl/α,β-unsaturated/α-hetero) is 1. The van der Waals surface area contributed by atoms with Gasteiger partial charge in [0.1, 0.15) is 17.6 Å². The Balaban J connectivity index is 2.17. The quantitative estimate of drug-likeness (QED) is 0.807. The number of carbonyl (C=O) groups is 1. The highest BCUT2D eigenvalue weighted by Crippen LogP contribution is 2.45. The van der Waals surface area contributed by atoms with Gasteiger partial charge in [0.05, 0.1) is 5.41 Å². The van der Waals surface area contributed by atoms with Gasteiger partial charge in [-0.1, -0.05) is 19.9 Å². The van der Waals surface area contributed by atoms with Crippen molar-refractivity contribution in [3.63, 3.8) is 0 Å². The Morgan fingerprint density at radius 2 is 1.72 bits per heavy atom. The minimum absolute atomic E-state index is 0.0567. The third kappa shape index (κ3) is 2.05. The molecular formula is C16H22O2. The van der Waals surface area contributed by atoms with Gasteiger partial charge in [-0.25, -0.2) is 0 Å². The second-order valence-corrected chi connectivity index (χ2v) is 5.42. The summed E-state index contributed by atoms with van der Waals surface area (Å²) in [7, 11) is 0. The Bertz CT molecular complexity index is 438. The van der Waals surface area contributed by atoms with Crippen molar-refractivity contribution in [1.82, 2.24) is 0 Å². The summed E-state index contributed by atoms with van der Waals surface area (Å²) in [6, 6.07) is 6.23. The van der Waals surface area contributed by atoms with E-state index < -0.39 is 0 Å². The Labute approximate surface area is 109 Å². The highest BCUT2D eigenvalue weighted by Gasteiger charge is 2.53. The molecule has 1 aromatic rings. The van der Waals surface area contributed by atoms with Gasteiger partial charge in [-0.3, -0.25) is 4.79 Å². The summed E-state index contributed by atoms with van der Waals surface area (Å²) >= 11 is 0. The van der Waals surface area contributed by atoms with E-state index in [0.29, 0.717) is 12.2 Å². The van der Waals surface area contributed by atoms with E-state index in [1.165, 1.54) is 11.1 Å². The third-order valence-electron chi connectivity index (χ3n) is 4.28. The van der Waals surface area contributed by atoms with Crippen LogP contribution in [0.1, 0.15) is 44.2 Å². The standard InChI is InChI=1S/C16H22O2/c1-5-16(6-2)14(17)10-15(16)18-13-8-11(3)7-12(4)9-13/h7-9,15H,5-6,10H2,1-4H3. The van der Waals surface area contributed by atoms with Crippen LogP contribution in [-0.2, 0) is 4.79 Å². The van der Waals surface area contributed by atoms with E-state index in [2.05, 4.69) is 33.8 Å². The monoisotopic (exact) mass is 246 g/mol. The number of benzene rings is 1. The molecule has 0 amide bonds. The smallest absolute Gasteiger partial charge is 0.146 e. The van der Waals surface area contributed by atoms with Crippen LogP contribution in [0.4, 0.5) is 0 Å². The highest BCUT2D eigenvalue weighted by molar-refractivity contribution is 5.92. The topological polar surface area (TPSA) is 26.3 Å². The fourth-order valence-corrected chi connectivity index (χ4v) is 3.03. The maximum Gasteiger partial charge on any atom is 0.146 e. The van der Waals surface area contributed by atoms with Crippen LogP contribution in [0, 0.1) is 19.3 Å². The van der Waals surface area contributed by atoms with E-state index in [1.54, 1.807) is 0 Å². The Hall–Kier alpha value is -1.31. The fraction of sp³-hybridized carbons (Fsp3) is 0.562. The van der Waals surface area contributed by atoms with Gasteiger partial charge in [0.2, 0.25) is 0 Å². The van der Waals surface area contributed by atoms with E-state index in [1.807, 2.05) is 12.1 Å². The molecule has 0 aliphatic heterocycles. The molecule has 1 aliphatic carbocycles. The third-order valence-corrected chi connectivity index (χ3v) is 4.28. The molecule has 1 atom stereocenters. The number of hydrogen-bond acceptors (Lipinski definition) is 2. The SMILES string of the molecule is CCC1(CC)C(=O)CC1Oc1cc(C)cc(C)c1. The van der Waals surface area contributed by atoms with E-state index in [-0.39, 0.29) is 11.5 Å². The van der Waals surface area contributed by atoms with Crippen molar-refractivity contribution >= 4 is 5.78 Å². The molecule has 0 radical (unpaired) electrons. The van der Waals surface area contributed by atoms with Gasteiger partial charge in [-0.2, -0.15) is 0 Å². The van der Waals surface area contributed by atoms with Crippen molar-refractivity contribution in [3.05, 3.63) is 29.3 Å². The summed E-state index contributed by atoms with van der Waals surface area (Å²) in [6.45, 7) is 8.30. The lowest BCUT2D eigenvalue weighted by atomic mass is 9.61. The molecule has 1 aromatic carbocycles. The molecular weight excluding hydrogens is 224 g/mol. The van der Waals surface area contributed by atoms with Crippen LogP contribution in [-0.4, -0.2) is 11.9 Å². The average Bonchev–Trinajstić information content (AvgIpc) is 2.29. The van der Waals surface area contributed by atoms with Crippen molar-refractivity contribution in [3.8, 4) is 5.75 Å². The predicted molar refractivity (Wildman–Crippen MR) is 73.0 cm³/mol. The zero-order valence-electron chi connectivity index (χ0n) is 11.7. The molecule has 2 rings (SSSR count). The molecule has 1 fully saturated rings. The van der Waals surface area contributed by atoms with Gasteiger partial charge in [0, 0.05) is 6.42 Å². The van der Waals surface area contributed by atoms with Gasteiger partial charge >= 0.3 is 0 Å². The summed E-state index contributed by atoms with van der Waals surface area (Å²) in [4.78, 5) is 11.9. The van der Waals surface area contributed by atoms with Gasteiger partial charge < -0.3 is 4.74 Å². The van der Waals surface area contributed by atoms with Gasteiger partial charge in [0.25, 0.3) is 0 Å². The van der Waals surface area contributed by atoms with Gasteiger partial charge in [-0.05, 0) is 49.9 Å². The summed E-state index contributed by atoms with van der Waals surface area (Å²) in [5.41, 5.74) is 2.17. The van der Waals surface area contributed by atoms with Crippen molar-refractivity contribution in [2.75, 3.05) is 0 Å². The van der Waals surface area contributed by atoms with Gasteiger partial charge in [-0.15, -0.1) is 0 Å². The average molecular weight is 246 g/mol. The van der Waals surface area contributed by atoms with Crippen LogP contribution < -0.4 is 4.74 Å². The summed E-state index contributed by atoms with van der Waals surface area (Å²) < 4.78 is 6.06. The lowest BCUT2D eigenvalue weighted by Gasteiger charge is -2.46. The van der Waals surface area contributed by atoms with Crippen LogP contribution in [0.5, 0.6) is 5.75 Å². The number of carbonyl (C=O) groups excluding carboxylic acids is 1. The lowest BCUT2D eigenvalue weighted by Crippen LogP contribution is -2.56. The fourth-order valence-electron chi connectivity index (χ4n) is 3.03. The number of hydrogen-bond donors (Lipinski definition) is 0. The van der Waals surface area contributed by atoms with Crippen molar-refractivity contribution in [2.24, 2.45) is 5.41 Å². The normalized spacial score (nSPS) is 21.6. The Morgan fingerprint density at radius 3 is 2.17 bits per heavy atom. The molecule has 98 valence electrons. The molecule has 2 nitrogen and oxygen atoms in total. The second-order valence-electron chi connectivity index (χ2n) is 5.42. The maximum absolute atomic E-state index is 11.9. The molecule has 0 bridgehead atoms. The minimum Gasteiger partial charge on any atom is -0.489 e. The maximum atomic E-state index is 11.9. The summed E-state index contributed by atoms with van der Waals surface area (Å²) in [6.07, 6.45) is 2.37. The van der Waals surface area contributed by atoms with Crippen LogP contribution in [0.25, 0.3) is 0 Å². The first-order valence-electron chi connectivity index (χ1n) is 6.80. The first kappa shape index (κ1) is 13.1. The summed E-state index contributed by atoms with van der Waals surface area (Å²) in [5, 5.41) is 0. The molecule has 1 unspecified atom stereocenters.